The monoisotopic (exact) mass is 513 g/mol. The quantitative estimate of drug-likeness (QED) is 0.319. The first-order valence-corrected chi connectivity index (χ1v) is 12.9. The number of rotatable bonds is 7. The molecule has 0 aliphatic heterocycles. The van der Waals surface area contributed by atoms with Gasteiger partial charge >= 0.3 is 0 Å². The van der Waals surface area contributed by atoms with Gasteiger partial charge in [0.25, 0.3) is 5.91 Å². The van der Waals surface area contributed by atoms with Gasteiger partial charge < -0.3 is 10.6 Å². The number of nitrogens with one attached hydrogen (secondary N) is 2. The summed E-state index contributed by atoms with van der Waals surface area (Å²) in [5.74, 6) is 0.799. The van der Waals surface area contributed by atoms with Crippen LogP contribution in [0.15, 0.2) is 78.9 Å². The molecule has 2 N–H and O–H groups in total. The van der Waals surface area contributed by atoms with Gasteiger partial charge in [-0.15, -0.1) is 5.10 Å². The zero-order chi connectivity index (χ0) is 25.6. The number of anilines is 1. The standard InChI is InChI=1S/C29H28ClN5O2/c30-25-14-8-7-13-24(25)29(37)32-23-17-15-20(16-18-23)27-33-28(21-9-3-1-4-10-21)35(34-27)19-26(36)31-22-11-5-2-6-12-22/h1,3-4,7-10,13-18,22H,2,5-6,11-12,19H2,(H,31,36)(H,32,37). The molecule has 0 spiro atoms. The SMILES string of the molecule is O=C(Cn1nc(-c2ccc(NC(=O)c3ccccc3Cl)cc2)nc1-c1ccccc1)NC1CCCCC1. The molecule has 4 aromatic rings. The molecule has 0 unspecified atom stereocenters. The number of carbonyl (C=O) groups excluding carboxylic acids is 2. The van der Waals surface area contributed by atoms with Gasteiger partial charge in [0, 0.05) is 22.9 Å². The van der Waals surface area contributed by atoms with E-state index >= 15 is 0 Å². The van der Waals surface area contributed by atoms with Gasteiger partial charge in [-0.1, -0.05) is 73.3 Å². The molecule has 1 heterocycles. The van der Waals surface area contributed by atoms with E-state index in [0.29, 0.717) is 27.9 Å². The van der Waals surface area contributed by atoms with Crippen LogP contribution in [-0.4, -0.2) is 32.6 Å². The maximum Gasteiger partial charge on any atom is 0.257 e. The van der Waals surface area contributed by atoms with Crippen molar-refractivity contribution in [1.82, 2.24) is 20.1 Å². The van der Waals surface area contributed by atoms with Crippen molar-refractivity contribution in [3.8, 4) is 22.8 Å². The molecular weight excluding hydrogens is 486 g/mol. The van der Waals surface area contributed by atoms with Gasteiger partial charge in [0.1, 0.15) is 6.54 Å². The molecule has 5 rings (SSSR count). The van der Waals surface area contributed by atoms with E-state index < -0.39 is 0 Å². The molecule has 0 saturated heterocycles. The van der Waals surface area contributed by atoms with Crippen LogP contribution in [0, 0.1) is 0 Å². The minimum absolute atomic E-state index is 0.0573. The lowest BCUT2D eigenvalue weighted by atomic mass is 9.95. The summed E-state index contributed by atoms with van der Waals surface area (Å²) >= 11 is 6.14. The van der Waals surface area contributed by atoms with Crippen LogP contribution in [0.25, 0.3) is 22.8 Å². The Morgan fingerprint density at radius 3 is 2.30 bits per heavy atom. The molecule has 1 aliphatic carbocycles. The van der Waals surface area contributed by atoms with Gasteiger partial charge in [0.05, 0.1) is 10.6 Å². The summed E-state index contributed by atoms with van der Waals surface area (Å²) in [6.07, 6.45) is 5.60. The minimum atomic E-state index is -0.281. The van der Waals surface area contributed by atoms with E-state index in [2.05, 4.69) is 15.7 Å². The second-order valence-electron chi connectivity index (χ2n) is 9.20. The van der Waals surface area contributed by atoms with Gasteiger partial charge in [0.15, 0.2) is 11.6 Å². The zero-order valence-electron chi connectivity index (χ0n) is 20.4. The number of nitrogens with zero attached hydrogens (tertiary/aromatic N) is 3. The highest BCUT2D eigenvalue weighted by Gasteiger charge is 2.19. The van der Waals surface area contributed by atoms with Crippen LogP contribution < -0.4 is 10.6 Å². The Morgan fingerprint density at radius 1 is 0.865 bits per heavy atom. The van der Waals surface area contributed by atoms with Crippen molar-refractivity contribution in [1.29, 1.82) is 0 Å². The third kappa shape index (κ3) is 6.06. The fourth-order valence-electron chi connectivity index (χ4n) is 4.58. The first kappa shape index (κ1) is 24.7. The van der Waals surface area contributed by atoms with Crippen LogP contribution in [0.2, 0.25) is 5.02 Å². The van der Waals surface area contributed by atoms with E-state index in [0.717, 1.165) is 36.8 Å². The van der Waals surface area contributed by atoms with Crippen molar-refractivity contribution in [3.63, 3.8) is 0 Å². The largest absolute Gasteiger partial charge is 0.352 e. The van der Waals surface area contributed by atoms with Crippen LogP contribution in [-0.2, 0) is 11.3 Å². The summed E-state index contributed by atoms with van der Waals surface area (Å²) in [4.78, 5) is 30.2. The van der Waals surface area contributed by atoms with Crippen molar-refractivity contribution in [2.75, 3.05) is 5.32 Å². The summed E-state index contributed by atoms with van der Waals surface area (Å²) in [5.41, 5.74) is 2.70. The molecule has 37 heavy (non-hydrogen) atoms. The number of carbonyl (C=O) groups is 2. The van der Waals surface area contributed by atoms with Gasteiger partial charge in [-0.05, 0) is 49.2 Å². The first-order valence-electron chi connectivity index (χ1n) is 12.5. The Hall–Kier alpha value is -3.97. The molecule has 0 bridgehead atoms. The molecule has 0 atom stereocenters. The minimum Gasteiger partial charge on any atom is -0.352 e. The fraction of sp³-hybridized carbons (Fsp3) is 0.241. The van der Waals surface area contributed by atoms with Crippen LogP contribution in [0.3, 0.4) is 0 Å². The zero-order valence-corrected chi connectivity index (χ0v) is 21.1. The summed E-state index contributed by atoms with van der Waals surface area (Å²) in [5, 5.41) is 11.1. The summed E-state index contributed by atoms with van der Waals surface area (Å²) in [7, 11) is 0. The first-order chi connectivity index (χ1) is 18.1. The van der Waals surface area contributed by atoms with Crippen molar-refractivity contribution in [2.45, 2.75) is 44.7 Å². The van der Waals surface area contributed by atoms with Crippen LogP contribution in [0.5, 0.6) is 0 Å². The second-order valence-corrected chi connectivity index (χ2v) is 9.60. The fourth-order valence-corrected chi connectivity index (χ4v) is 4.80. The lowest BCUT2D eigenvalue weighted by molar-refractivity contribution is -0.122. The maximum atomic E-state index is 12.8. The Bertz CT molecular complexity index is 1380. The highest BCUT2D eigenvalue weighted by atomic mass is 35.5. The van der Waals surface area contributed by atoms with Crippen molar-refractivity contribution < 1.29 is 9.59 Å². The smallest absolute Gasteiger partial charge is 0.257 e. The van der Waals surface area contributed by atoms with Crippen molar-refractivity contribution in [3.05, 3.63) is 89.4 Å². The molecule has 0 radical (unpaired) electrons. The Kier molecular flexibility index (Phi) is 7.61. The van der Waals surface area contributed by atoms with E-state index in [9.17, 15) is 9.59 Å². The second kappa shape index (κ2) is 11.4. The van der Waals surface area contributed by atoms with Crippen LogP contribution >= 0.6 is 11.6 Å². The summed E-state index contributed by atoms with van der Waals surface area (Å²) in [6, 6.07) is 24.2. The molecule has 3 aromatic carbocycles. The molecular formula is C29H28ClN5O2. The Morgan fingerprint density at radius 2 is 1.57 bits per heavy atom. The van der Waals surface area contributed by atoms with E-state index in [1.165, 1.54) is 6.42 Å². The van der Waals surface area contributed by atoms with Gasteiger partial charge in [-0.2, -0.15) is 0 Å². The molecule has 8 heteroatoms. The van der Waals surface area contributed by atoms with Gasteiger partial charge in [-0.25, -0.2) is 9.67 Å². The van der Waals surface area contributed by atoms with E-state index in [-0.39, 0.29) is 24.4 Å². The third-order valence-electron chi connectivity index (χ3n) is 6.49. The van der Waals surface area contributed by atoms with Gasteiger partial charge in [-0.3, -0.25) is 9.59 Å². The topological polar surface area (TPSA) is 88.9 Å². The maximum absolute atomic E-state index is 12.8. The average molecular weight is 514 g/mol. The highest BCUT2D eigenvalue weighted by Crippen LogP contribution is 2.25. The lowest BCUT2D eigenvalue weighted by Gasteiger charge is -2.22. The van der Waals surface area contributed by atoms with Crippen LogP contribution in [0.4, 0.5) is 5.69 Å². The molecule has 1 aliphatic rings. The highest BCUT2D eigenvalue weighted by molar-refractivity contribution is 6.34. The number of halogens is 1. The van der Waals surface area contributed by atoms with Crippen LogP contribution in [0.1, 0.15) is 42.5 Å². The number of hydrogen-bond acceptors (Lipinski definition) is 4. The number of hydrogen-bond donors (Lipinski definition) is 2. The lowest BCUT2D eigenvalue weighted by Crippen LogP contribution is -2.38. The molecule has 1 aromatic heterocycles. The van der Waals surface area contributed by atoms with E-state index in [1.54, 1.807) is 41.1 Å². The van der Waals surface area contributed by atoms with Crippen molar-refractivity contribution in [2.24, 2.45) is 0 Å². The normalized spacial score (nSPS) is 13.8. The molecule has 1 fully saturated rings. The predicted octanol–water partition coefficient (Wildman–Crippen LogP) is 5.97. The van der Waals surface area contributed by atoms with Gasteiger partial charge in [0.2, 0.25) is 5.91 Å². The Labute approximate surface area is 220 Å². The van der Waals surface area contributed by atoms with E-state index in [1.807, 2.05) is 42.5 Å². The molecule has 188 valence electrons. The molecule has 1 saturated carbocycles. The number of aromatic nitrogens is 3. The molecule has 2 amide bonds. The number of amides is 2. The average Bonchev–Trinajstić information content (AvgIpc) is 3.34. The Balaban J connectivity index is 1.35. The predicted molar refractivity (Wildman–Crippen MR) is 145 cm³/mol. The van der Waals surface area contributed by atoms with E-state index in [4.69, 9.17) is 16.6 Å². The third-order valence-corrected chi connectivity index (χ3v) is 6.82. The van der Waals surface area contributed by atoms with Crippen molar-refractivity contribution >= 4 is 29.1 Å². The summed E-state index contributed by atoms with van der Waals surface area (Å²) < 4.78 is 1.66. The summed E-state index contributed by atoms with van der Waals surface area (Å²) in [6.45, 7) is 0.0969. The molecule has 7 nitrogen and oxygen atoms in total. The number of benzene rings is 3.